The second-order valence-corrected chi connectivity index (χ2v) is 11.3. The molecule has 0 radical (unpaired) electrons. The van der Waals surface area contributed by atoms with Gasteiger partial charge >= 0.3 is 0 Å². The zero-order valence-corrected chi connectivity index (χ0v) is 17.0. The van der Waals surface area contributed by atoms with Crippen LogP contribution in [0.3, 0.4) is 0 Å². The topological polar surface area (TPSA) is 34.1 Å². The van der Waals surface area contributed by atoms with Gasteiger partial charge in [-0.1, -0.05) is 45.9 Å². The number of Topliss-reactive ketones (excluding diaryl/α,β-unsaturated/α-hetero) is 2. The molecule has 0 bridgehead atoms. The SMILES string of the molecule is CC12CC3C(C(=Cc4cccc(C=C5C(=O)C6(C)C7CC5C76C)c4)C1=O)C32C. The average Bonchev–Trinajstić information content (AvgIpc) is 3.27. The van der Waals surface area contributed by atoms with Crippen molar-refractivity contribution in [2.45, 2.75) is 40.5 Å². The molecule has 1 aromatic rings. The summed E-state index contributed by atoms with van der Waals surface area (Å²) in [5.74, 6) is 3.03. The number of hydrogen-bond acceptors (Lipinski definition) is 2. The minimum atomic E-state index is -0.114. The van der Waals surface area contributed by atoms with Gasteiger partial charge < -0.3 is 0 Å². The van der Waals surface area contributed by atoms with Gasteiger partial charge in [-0.2, -0.15) is 0 Å². The monoisotopic (exact) mass is 370 g/mol. The van der Waals surface area contributed by atoms with Crippen molar-refractivity contribution in [3.63, 3.8) is 0 Å². The first-order valence-corrected chi connectivity index (χ1v) is 10.8. The van der Waals surface area contributed by atoms with Gasteiger partial charge in [-0.05, 0) is 76.7 Å². The summed E-state index contributed by atoms with van der Waals surface area (Å²) in [4.78, 5) is 25.9. The molecule has 142 valence electrons. The number of allylic oxidation sites excluding steroid dienone is 2. The van der Waals surface area contributed by atoms with Crippen molar-refractivity contribution in [1.29, 1.82) is 0 Å². The molecule has 6 aliphatic carbocycles. The Hall–Kier alpha value is -1.96. The quantitative estimate of drug-likeness (QED) is 0.691. The minimum Gasteiger partial charge on any atom is -0.294 e. The number of carbonyl (C=O) groups is 2. The summed E-state index contributed by atoms with van der Waals surface area (Å²) in [6, 6.07) is 8.38. The molecule has 6 fully saturated rings. The lowest BCUT2D eigenvalue weighted by Gasteiger charge is -2.42. The van der Waals surface area contributed by atoms with E-state index in [1.54, 1.807) is 0 Å². The molecule has 8 unspecified atom stereocenters. The van der Waals surface area contributed by atoms with Gasteiger partial charge in [0.05, 0.1) is 0 Å². The predicted octanol–water partition coefficient (Wildman–Crippen LogP) is 4.94. The van der Waals surface area contributed by atoms with Crippen molar-refractivity contribution >= 4 is 23.7 Å². The van der Waals surface area contributed by atoms with Crippen molar-refractivity contribution < 1.29 is 9.59 Å². The van der Waals surface area contributed by atoms with Gasteiger partial charge in [-0.25, -0.2) is 0 Å². The van der Waals surface area contributed by atoms with Crippen LogP contribution in [0.4, 0.5) is 0 Å². The summed E-state index contributed by atoms with van der Waals surface area (Å²) >= 11 is 0. The Morgan fingerprint density at radius 1 is 0.929 bits per heavy atom. The average molecular weight is 370 g/mol. The fourth-order valence-corrected chi connectivity index (χ4v) is 8.62. The highest BCUT2D eigenvalue weighted by atomic mass is 16.1. The standard InChI is InChI=1S/C26H26O2/c1-23-12-18-20(25(18,23)3)16(21(23)27)10-14-7-5-6-13(8-14)9-15-17-11-19-24(17,2)26(19,4)22(15)28/h5-10,17-20H,11-12H2,1-4H3. The summed E-state index contributed by atoms with van der Waals surface area (Å²) in [6.45, 7) is 8.94. The highest BCUT2D eigenvalue weighted by Crippen LogP contribution is 2.89. The Kier molecular flexibility index (Phi) is 2.28. The van der Waals surface area contributed by atoms with Crippen LogP contribution >= 0.6 is 0 Å². The molecule has 0 spiro atoms. The molecule has 1 aromatic carbocycles. The predicted molar refractivity (Wildman–Crippen MR) is 108 cm³/mol. The molecule has 0 saturated heterocycles. The van der Waals surface area contributed by atoms with E-state index < -0.39 is 0 Å². The van der Waals surface area contributed by atoms with E-state index in [0.29, 0.717) is 29.3 Å². The van der Waals surface area contributed by atoms with Gasteiger partial charge in [0.1, 0.15) is 0 Å². The Labute approximate surface area is 166 Å². The summed E-state index contributed by atoms with van der Waals surface area (Å²) in [6.07, 6.45) is 6.53. The number of fused-ring (bicyclic) bond motifs is 2. The molecule has 6 saturated carbocycles. The first-order valence-electron chi connectivity index (χ1n) is 10.8. The third kappa shape index (κ3) is 1.25. The van der Waals surface area contributed by atoms with Crippen LogP contribution in [-0.4, -0.2) is 11.6 Å². The van der Waals surface area contributed by atoms with Crippen LogP contribution in [0.5, 0.6) is 0 Å². The first-order chi connectivity index (χ1) is 13.2. The summed E-state index contributed by atoms with van der Waals surface area (Å²) in [5, 5.41) is 0. The largest absolute Gasteiger partial charge is 0.294 e. The maximum Gasteiger partial charge on any atom is 0.165 e. The molecule has 0 heterocycles. The van der Waals surface area contributed by atoms with E-state index in [-0.39, 0.29) is 21.7 Å². The molecule has 8 atom stereocenters. The maximum atomic E-state index is 13.0. The molecule has 6 aliphatic rings. The van der Waals surface area contributed by atoms with Crippen LogP contribution in [0.2, 0.25) is 0 Å². The Balaban J connectivity index is 1.24. The smallest absolute Gasteiger partial charge is 0.165 e. The number of hydrogen-bond donors (Lipinski definition) is 0. The first kappa shape index (κ1) is 15.9. The Morgan fingerprint density at radius 3 is 2.18 bits per heavy atom. The van der Waals surface area contributed by atoms with E-state index >= 15 is 0 Å². The molecule has 0 N–H and O–H groups in total. The Bertz CT molecular complexity index is 1050. The molecule has 2 heteroatoms. The van der Waals surface area contributed by atoms with E-state index in [1.807, 2.05) is 0 Å². The summed E-state index contributed by atoms with van der Waals surface area (Å²) in [5.41, 5.74) is 4.54. The zero-order valence-electron chi connectivity index (χ0n) is 17.0. The van der Waals surface area contributed by atoms with Crippen molar-refractivity contribution in [1.82, 2.24) is 0 Å². The van der Waals surface area contributed by atoms with Gasteiger partial charge in [0.25, 0.3) is 0 Å². The van der Waals surface area contributed by atoms with E-state index in [2.05, 4.69) is 64.1 Å². The highest BCUT2D eigenvalue weighted by molar-refractivity contribution is 6.12. The van der Waals surface area contributed by atoms with E-state index in [9.17, 15) is 9.59 Å². The van der Waals surface area contributed by atoms with E-state index in [0.717, 1.165) is 34.6 Å². The third-order valence-electron chi connectivity index (χ3n) is 10.9. The maximum absolute atomic E-state index is 13.0. The van der Waals surface area contributed by atoms with Crippen LogP contribution in [0.25, 0.3) is 12.2 Å². The van der Waals surface area contributed by atoms with Crippen molar-refractivity contribution in [2.24, 2.45) is 45.3 Å². The van der Waals surface area contributed by atoms with Crippen LogP contribution in [0.1, 0.15) is 51.7 Å². The fourth-order valence-electron chi connectivity index (χ4n) is 8.62. The molecule has 0 amide bonds. The minimum absolute atomic E-state index is 0.0910. The van der Waals surface area contributed by atoms with Gasteiger partial charge in [-0.3, -0.25) is 9.59 Å². The van der Waals surface area contributed by atoms with Crippen molar-refractivity contribution in [3.05, 3.63) is 46.5 Å². The van der Waals surface area contributed by atoms with E-state index in [1.165, 1.54) is 6.42 Å². The second-order valence-electron chi connectivity index (χ2n) is 11.3. The van der Waals surface area contributed by atoms with Crippen LogP contribution in [0, 0.1) is 45.3 Å². The summed E-state index contributed by atoms with van der Waals surface area (Å²) < 4.78 is 0. The molecule has 2 nitrogen and oxygen atoms in total. The van der Waals surface area contributed by atoms with Gasteiger partial charge in [0.15, 0.2) is 11.6 Å². The number of ketones is 2. The lowest BCUT2D eigenvalue weighted by Crippen LogP contribution is -2.43. The van der Waals surface area contributed by atoms with Gasteiger partial charge in [-0.15, -0.1) is 0 Å². The normalized spacial score (nSPS) is 56.4. The van der Waals surface area contributed by atoms with Gasteiger partial charge in [0.2, 0.25) is 0 Å². The number of benzene rings is 1. The lowest BCUT2D eigenvalue weighted by atomic mass is 9.60. The summed E-state index contributed by atoms with van der Waals surface area (Å²) in [7, 11) is 0. The molecule has 7 rings (SSSR count). The zero-order chi connectivity index (χ0) is 19.4. The van der Waals surface area contributed by atoms with Crippen molar-refractivity contribution in [3.8, 4) is 0 Å². The highest BCUT2D eigenvalue weighted by Gasteiger charge is 2.88. The van der Waals surface area contributed by atoms with E-state index in [4.69, 9.17) is 0 Å². The molecular formula is C26H26O2. The van der Waals surface area contributed by atoms with Crippen LogP contribution in [0.15, 0.2) is 35.4 Å². The third-order valence-corrected chi connectivity index (χ3v) is 10.9. The number of carbonyl (C=O) groups excluding carboxylic acids is 2. The molecular weight excluding hydrogens is 344 g/mol. The fraction of sp³-hybridized carbons (Fsp3) is 0.538. The van der Waals surface area contributed by atoms with Gasteiger partial charge in [0, 0.05) is 22.0 Å². The van der Waals surface area contributed by atoms with Crippen molar-refractivity contribution in [2.75, 3.05) is 0 Å². The number of rotatable bonds is 2. The lowest BCUT2D eigenvalue weighted by molar-refractivity contribution is -0.132. The molecule has 28 heavy (non-hydrogen) atoms. The Morgan fingerprint density at radius 2 is 1.61 bits per heavy atom. The molecule has 0 aliphatic heterocycles. The second kappa shape index (κ2) is 4.01. The van der Waals surface area contributed by atoms with Crippen LogP contribution in [-0.2, 0) is 9.59 Å². The molecule has 0 aromatic heterocycles. The van der Waals surface area contributed by atoms with Crippen LogP contribution < -0.4 is 0 Å².